The molecular formula is C12H11NO2. The SMILES string of the molecule is CC(C(=O)O)c1nccc2ccccc12. The second-order valence-corrected chi connectivity index (χ2v) is 3.48. The van der Waals surface area contributed by atoms with E-state index < -0.39 is 11.9 Å². The summed E-state index contributed by atoms with van der Waals surface area (Å²) in [4.78, 5) is 15.1. The van der Waals surface area contributed by atoms with E-state index in [9.17, 15) is 4.79 Å². The fourth-order valence-corrected chi connectivity index (χ4v) is 1.61. The number of fused-ring (bicyclic) bond motifs is 1. The molecule has 3 heteroatoms. The predicted octanol–water partition coefficient (Wildman–Crippen LogP) is 2.42. The number of aromatic nitrogens is 1. The summed E-state index contributed by atoms with van der Waals surface area (Å²) in [5, 5.41) is 10.9. The van der Waals surface area contributed by atoms with Crippen LogP contribution in [0.4, 0.5) is 0 Å². The van der Waals surface area contributed by atoms with Crippen LogP contribution in [-0.2, 0) is 4.79 Å². The lowest BCUT2D eigenvalue weighted by molar-refractivity contribution is -0.138. The van der Waals surface area contributed by atoms with Crippen LogP contribution in [0, 0.1) is 0 Å². The van der Waals surface area contributed by atoms with Crippen LogP contribution in [0.1, 0.15) is 18.5 Å². The largest absolute Gasteiger partial charge is 0.481 e. The topological polar surface area (TPSA) is 50.2 Å². The van der Waals surface area contributed by atoms with Crippen molar-refractivity contribution in [2.75, 3.05) is 0 Å². The number of carboxylic acids is 1. The molecule has 1 heterocycles. The van der Waals surface area contributed by atoms with Gasteiger partial charge in [0, 0.05) is 11.6 Å². The van der Waals surface area contributed by atoms with Crippen molar-refractivity contribution >= 4 is 16.7 Å². The van der Waals surface area contributed by atoms with Gasteiger partial charge in [-0.25, -0.2) is 0 Å². The minimum absolute atomic E-state index is 0.573. The van der Waals surface area contributed by atoms with Crippen molar-refractivity contribution in [3.63, 3.8) is 0 Å². The molecule has 0 saturated carbocycles. The van der Waals surface area contributed by atoms with E-state index in [0.29, 0.717) is 5.69 Å². The first-order valence-electron chi connectivity index (χ1n) is 4.76. The van der Waals surface area contributed by atoms with Crippen molar-refractivity contribution in [1.29, 1.82) is 0 Å². The number of benzene rings is 1. The van der Waals surface area contributed by atoms with E-state index in [4.69, 9.17) is 5.11 Å². The minimum atomic E-state index is -0.848. The molecule has 1 atom stereocenters. The van der Waals surface area contributed by atoms with Gasteiger partial charge in [-0.1, -0.05) is 24.3 Å². The summed E-state index contributed by atoms with van der Waals surface area (Å²) in [5.41, 5.74) is 0.626. The van der Waals surface area contributed by atoms with E-state index in [0.717, 1.165) is 10.8 Å². The Hall–Kier alpha value is -1.90. The maximum Gasteiger partial charge on any atom is 0.312 e. The van der Waals surface area contributed by atoms with Gasteiger partial charge in [-0.3, -0.25) is 9.78 Å². The summed E-state index contributed by atoms with van der Waals surface area (Å²) in [6, 6.07) is 9.55. The summed E-state index contributed by atoms with van der Waals surface area (Å²) in [7, 11) is 0. The van der Waals surface area contributed by atoms with Crippen LogP contribution in [0.3, 0.4) is 0 Å². The molecule has 0 aliphatic heterocycles. The zero-order chi connectivity index (χ0) is 10.8. The van der Waals surface area contributed by atoms with E-state index in [1.165, 1.54) is 0 Å². The van der Waals surface area contributed by atoms with Gasteiger partial charge in [0.25, 0.3) is 0 Å². The Kier molecular flexibility index (Phi) is 2.37. The van der Waals surface area contributed by atoms with Crippen LogP contribution >= 0.6 is 0 Å². The van der Waals surface area contributed by atoms with Crippen molar-refractivity contribution < 1.29 is 9.90 Å². The molecule has 76 valence electrons. The normalized spacial score (nSPS) is 12.6. The molecule has 0 saturated heterocycles. The second-order valence-electron chi connectivity index (χ2n) is 3.48. The van der Waals surface area contributed by atoms with Crippen molar-refractivity contribution in [2.24, 2.45) is 0 Å². The smallest absolute Gasteiger partial charge is 0.312 e. The molecule has 0 aliphatic carbocycles. The highest BCUT2D eigenvalue weighted by Gasteiger charge is 2.17. The Morgan fingerprint density at radius 3 is 2.80 bits per heavy atom. The van der Waals surface area contributed by atoms with Crippen LogP contribution in [0.5, 0.6) is 0 Å². The summed E-state index contributed by atoms with van der Waals surface area (Å²) < 4.78 is 0. The van der Waals surface area contributed by atoms with Gasteiger partial charge in [-0.05, 0) is 18.4 Å². The number of carbonyl (C=O) groups is 1. The number of nitrogens with zero attached hydrogens (tertiary/aromatic N) is 1. The Morgan fingerprint density at radius 2 is 2.07 bits per heavy atom. The van der Waals surface area contributed by atoms with Gasteiger partial charge in [0.05, 0.1) is 11.6 Å². The highest BCUT2D eigenvalue weighted by Crippen LogP contribution is 2.23. The lowest BCUT2D eigenvalue weighted by atomic mass is 10.0. The fraction of sp³-hybridized carbons (Fsp3) is 0.167. The number of hydrogen-bond acceptors (Lipinski definition) is 2. The predicted molar refractivity (Wildman–Crippen MR) is 57.8 cm³/mol. The van der Waals surface area contributed by atoms with Gasteiger partial charge in [-0.15, -0.1) is 0 Å². The number of hydrogen-bond donors (Lipinski definition) is 1. The summed E-state index contributed by atoms with van der Waals surface area (Å²) in [5.74, 6) is -1.42. The first kappa shape index (κ1) is 9.65. The Balaban J connectivity index is 2.65. The number of aliphatic carboxylic acids is 1. The average Bonchev–Trinajstić information content (AvgIpc) is 2.27. The van der Waals surface area contributed by atoms with Crippen molar-refractivity contribution in [1.82, 2.24) is 4.98 Å². The molecule has 15 heavy (non-hydrogen) atoms. The van der Waals surface area contributed by atoms with E-state index in [2.05, 4.69) is 4.98 Å². The Bertz CT molecular complexity index is 502. The van der Waals surface area contributed by atoms with E-state index in [-0.39, 0.29) is 0 Å². The number of pyridine rings is 1. The summed E-state index contributed by atoms with van der Waals surface area (Å²) in [6.07, 6.45) is 1.65. The lowest BCUT2D eigenvalue weighted by Gasteiger charge is -2.08. The molecule has 0 amide bonds. The van der Waals surface area contributed by atoms with E-state index in [1.54, 1.807) is 13.1 Å². The molecular weight excluding hydrogens is 190 g/mol. The minimum Gasteiger partial charge on any atom is -0.481 e. The summed E-state index contributed by atoms with van der Waals surface area (Å²) >= 11 is 0. The third-order valence-electron chi connectivity index (χ3n) is 2.49. The maximum absolute atomic E-state index is 10.9. The van der Waals surface area contributed by atoms with Crippen LogP contribution in [-0.4, -0.2) is 16.1 Å². The van der Waals surface area contributed by atoms with Crippen LogP contribution in [0.2, 0.25) is 0 Å². The monoisotopic (exact) mass is 201 g/mol. The highest BCUT2D eigenvalue weighted by atomic mass is 16.4. The van der Waals surface area contributed by atoms with Crippen molar-refractivity contribution in [3.05, 3.63) is 42.2 Å². The van der Waals surface area contributed by atoms with Crippen molar-refractivity contribution in [3.8, 4) is 0 Å². The zero-order valence-electron chi connectivity index (χ0n) is 8.34. The van der Waals surface area contributed by atoms with Gasteiger partial charge >= 0.3 is 5.97 Å². The van der Waals surface area contributed by atoms with Gasteiger partial charge in [0.1, 0.15) is 0 Å². The maximum atomic E-state index is 10.9. The van der Waals surface area contributed by atoms with Crippen LogP contribution < -0.4 is 0 Å². The van der Waals surface area contributed by atoms with Crippen molar-refractivity contribution in [2.45, 2.75) is 12.8 Å². The van der Waals surface area contributed by atoms with E-state index >= 15 is 0 Å². The molecule has 2 aromatic rings. The number of rotatable bonds is 2. The Labute approximate surface area is 87.4 Å². The van der Waals surface area contributed by atoms with Gasteiger partial charge in [0.15, 0.2) is 0 Å². The number of carboxylic acid groups (broad SMARTS) is 1. The molecule has 0 aliphatic rings. The molecule has 1 aromatic heterocycles. The zero-order valence-corrected chi connectivity index (χ0v) is 8.34. The molecule has 0 spiro atoms. The van der Waals surface area contributed by atoms with Crippen LogP contribution in [0.25, 0.3) is 10.8 Å². The first-order chi connectivity index (χ1) is 7.20. The summed E-state index contributed by atoms with van der Waals surface area (Å²) in [6.45, 7) is 1.65. The third kappa shape index (κ3) is 1.68. The first-order valence-corrected chi connectivity index (χ1v) is 4.76. The quantitative estimate of drug-likeness (QED) is 0.811. The lowest BCUT2D eigenvalue weighted by Crippen LogP contribution is -2.09. The fourth-order valence-electron chi connectivity index (χ4n) is 1.61. The third-order valence-corrected chi connectivity index (χ3v) is 2.49. The standard InChI is InChI=1S/C12H11NO2/c1-8(12(14)15)11-10-5-3-2-4-9(10)6-7-13-11/h2-8H,1H3,(H,14,15). The molecule has 0 radical (unpaired) electrons. The van der Waals surface area contributed by atoms with E-state index in [1.807, 2.05) is 30.3 Å². The molecule has 0 fully saturated rings. The van der Waals surface area contributed by atoms with Gasteiger partial charge in [-0.2, -0.15) is 0 Å². The highest BCUT2D eigenvalue weighted by molar-refractivity contribution is 5.89. The van der Waals surface area contributed by atoms with Gasteiger partial charge < -0.3 is 5.11 Å². The average molecular weight is 201 g/mol. The molecule has 1 unspecified atom stereocenters. The molecule has 2 rings (SSSR count). The molecule has 3 nitrogen and oxygen atoms in total. The molecule has 0 bridgehead atoms. The Morgan fingerprint density at radius 1 is 1.33 bits per heavy atom. The van der Waals surface area contributed by atoms with Gasteiger partial charge in [0.2, 0.25) is 0 Å². The molecule has 1 aromatic carbocycles. The second kappa shape index (κ2) is 3.69. The van der Waals surface area contributed by atoms with Crippen LogP contribution in [0.15, 0.2) is 36.5 Å². The molecule has 1 N–H and O–H groups in total.